The highest BCUT2D eigenvalue weighted by atomic mass is 79.9. The Labute approximate surface area is 113 Å². The largest absolute Gasteiger partial charge is 0.398 e. The van der Waals surface area contributed by atoms with Crippen molar-refractivity contribution in [2.45, 2.75) is 10.6 Å². The minimum absolute atomic E-state index is 0.0996. The molecule has 96 valence electrons. The van der Waals surface area contributed by atoms with Crippen molar-refractivity contribution in [3.05, 3.63) is 34.6 Å². The van der Waals surface area contributed by atoms with E-state index in [1.807, 2.05) is 0 Å². The van der Waals surface area contributed by atoms with Crippen molar-refractivity contribution in [2.75, 3.05) is 5.73 Å². The molecule has 0 bridgehead atoms. The van der Waals surface area contributed by atoms with E-state index < -0.39 is 9.84 Å². The van der Waals surface area contributed by atoms with Gasteiger partial charge in [0.05, 0.1) is 16.3 Å². The summed E-state index contributed by atoms with van der Waals surface area (Å²) in [6, 6.07) is 4.73. The number of aryl methyl sites for hydroxylation is 1. The fraction of sp³-hybridized carbons (Fsp3) is 0.200. The van der Waals surface area contributed by atoms with Crippen LogP contribution in [0.25, 0.3) is 0 Å². The molecule has 1 heterocycles. The summed E-state index contributed by atoms with van der Waals surface area (Å²) < 4.78 is 26.5. The van der Waals surface area contributed by atoms with Gasteiger partial charge in [-0.3, -0.25) is 4.68 Å². The molecule has 0 saturated carbocycles. The molecule has 0 fully saturated rings. The Morgan fingerprint density at radius 1 is 1.44 bits per heavy atom. The van der Waals surface area contributed by atoms with Crippen molar-refractivity contribution in [3.8, 4) is 0 Å². The number of anilines is 1. The standard InChI is InChI=1S/C10H11BrN4O2S/c1-15-5-8(13-14-15)6-18(16,17)10-4-7(11)2-3-9(10)12/h2-5H,6,12H2,1H3. The molecule has 2 N–H and O–H groups in total. The lowest BCUT2D eigenvalue weighted by molar-refractivity contribution is 0.595. The van der Waals surface area contributed by atoms with Crippen LogP contribution in [0.2, 0.25) is 0 Å². The van der Waals surface area contributed by atoms with Gasteiger partial charge >= 0.3 is 0 Å². The Bertz CT molecular complexity index is 681. The zero-order chi connectivity index (χ0) is 13.3. The SMILES string of the molecule is Cn1cc(CS(=O)(=O)c2cc(Br)ccc2N)nn1. The Hall–Kier alpha value is -1.41. The molecule has 8 heteroatoms. The lowest BCUT2D eigenvalue weighted by Gasteiger charge is -2.06. The number of halogens is 1. The molecule has 0 saturated heterocycles. The first-order chi connectivity index (χ1) is 8.38. The number of nitrogens with zero attached hydrogens (tertiary/aromatic N) is 3. The second-order valence-corrected chi connectivity index (χ2v) is 6.70. The summed E-state index contributed by atoms with van der Waals surface area (Å²) in [5.41, 5.74) is 6.30. The van der Waals surface area contributed by atoms with Gasteiger partial charge in [0.15, 0.2) is 9.84 Å². The summed E-state index contributed by atoms with van der Waals surface area (Å²) in [5, 5.41) is 7.46. The maximum Gasteiger partial charge on any atom is 0.186 e. The molecule has 0 radical (unpaired) electrons. The minimum atomic E-state index is -3.52. The van der Waals surface area contributed by atoms with Crippen LogP contribution in [-0.2, 0) is 22.6 Å². The number of hydrogen-bond acceptors (Lipinski definition) is 5. The Morgan fingerprint density at radius 2 is 2.17 bits per heavy atom. The van der Waals surface area contributed by atoms with Crippen LogP contribution in [0.1, 0.15) is 5.69 Å². The first kappa shape index (κ1) is 13.0. The number of aromatic nitrogens is 3. The van der Waals surface area contributed by atoms with E-state index in [1.54, 1.807) is 25.4 Å². The lowest BCUT2D eigenvalue weighted by atomic mass is 10.3. The predicted octanol–water partition coefficient (Wildman–Crippen LogP) is 1.13. The van der Waals surface area contributed by atoms with Gasteiger partial charge in [-0.15, -0.1) is 5.10 Å². The van der Waals surface area contributed by atoms with E-state index in [4.69, 9.17) is 5.73 Å². The summed E-state index contributed by atoms with van der Waals surface area (Å²) in [6.07, 6.45) is 1.56. The molecule has 2 rings (SSSR count). The predicted molar refractivity (Wildman–Crippen MR) is 70.4 cm³/mol. The third-order valence-electron chi connectivity index (χ3n) is 2.30. The second kappa shape index (κ2) is 4.69. The summed E-state index contributed by atoms with van der Waals surface area (Å²) in [6.45, 7) is 0. The number of nitrogens with two attached hydrogens (primary N) is 1. The number of benzene rings is 1. The molecular formula is C10H11BrN4O2S. The highest BCUT2D eigenvalue weighted by molar-refractivity contribution is 9.10. The van der Waals surface area contributed by atoms with Gasteiger partial charge in [0.25, 0.3) is 0 Å². The van der Waals surface area contributed by atoms with Gasteiger partial charge in [0, 0.05) is 17.7 Å². The lowest BCUT2D eigenvalue weighted by Crippen LogP contribution is -2.08. The first-order valence-electron chi connectivity index (χ1n) is 5.01. The zero-order valence-corrected chi connectivity index (χ0v) is 11.9. The maximum atomic E-state index is 12.2. The molecule has 0 aliphatic carbocycles. The fourth-order valence-electron chi connectivity index (χ4n) is 1.51. The number of sulfone groups is 1. The van der Waals surface area contributed by atoms with Crippen LogP contribution >= 0.6 is 15.9 Å². The summed E-state index contributed by atoms with van der Waals surface area (Å²) in [5.74, 6) is -0.221. The van der Waals surface area contributed by atoms with Gasteiger partial charge in [-0.05, 0) is 18.2 Å². The fourth-order valence-corrected chi connectivity index (χ4v) is 3.43. The summed E-state index contributed by atoms with van der Waals surface area (Å²) in [4.78, 5) is 0.0996. The Balaban J connectivity index is 2.39. The second-order valence-electron chi connectivity index (χ2n) is 3.82. The molecule has 0 aliphatic rings. The van der Waals surface area contributed by atoms with Gasteiger partial charge in [0.1, 0.15) is 5.75 Å². The topological polar surface area (TPSA) is 90.9 Å². The monoisotopic (exact) mass is 330 g/mol. The Kier molecular flexibility index (Phi) is 3.40. The van der Waals surface area contributed by atoms with Gasteiger partial charge < -0.3 is 5.73 Å². The number of rotatable bonds is 3. The number of hydrogen-bond donors (Lipinski definition) is 1. The molecule has 0 aliphatic heterocycles. The third kappa shape index (κ3) is 2.70. The molecular weight excluding hydrogens is 320 g/mol. The van der Waals surface area contributed by atoms with E-state index >= 15 is 0 Å². The van der Waals surface area contributed by atoms with E-state index in [9.17, 15) is 8.42 Å². The smallest absolute Gasteiger partial charge is 0.186 e. The van der Waals surface area contributed by atoms with Crippen molar-refractivity contribution in [1.82, 2.24) is 15.0 Å². The molecule has 0 atom stereocenters. The van der Waals surface area contributed by atoms with E-state index in [-0.39, 0.29) is 16.3 Å². The van der Waals surface area contributed by atoms with E-state index in [0.29, 0.717) is 10.2 Å². The zero-order valence-electron chi connectivity index (χ0n) is 9.54. The molecule has 0 unspecified atom stereocenters. The summed E-state index contributed by atoms with van der Waals surface area (Å²) >= 11 is 3.23. The van der Waals surface area contributed by atoms with Crippen molar-refractivity contribution in [1.29, 1.82) is 0 Å². The van der Waals surface area contributed by atoms with Crippen LogP contribution in [0.5, 0.6) is 0 Å². The van der Waals surface area contributed by atoms with Crippen molar-refractivity contribution in [3.63, 3.8) is 0 Å². The molecule has 0 amide bonds. The highest BCUT2D eigenvalue weighted by Gasteiger charge is 2.20. The quantitative estimate of drug-likeness (QED) is 0.852. The molecule has 2 aromatic rings. The van der Waals surface area contributed by atoms with Crippen LogP contribution in [-0.4, -0.2) is 23.4 Å². The molecule has 0 spiro atoms. The van der Waals surface area contributed by atoms with Crippen LogP contribution in [0, 0.1) is 0 Å². The first-order valence-corrected chi connectivity index (χ1v) is 7.46. The molecule has 6 nitrogen and oxygen atoms in total. The van der Waals surface area contributed by atoms with Crippen LogP contribution < -0.4 is 5.73 Å². The van der Waals surface area contributed by atoms with E-state index in [2.05, 4.69) is 26.2 Å². The van der Waals surface area contributed by atoms with Crippen LogP contribution in [0.4, 0.5) is 5.69 Å². The third-order valence-corrected chi connectivity index (χ3v) is 4.49. The van der Waals surface area contributed by atoms with Crippen LogP contribution in [0.3, 0.4) is 0 Å². The Morgan fingerprint density at radius 3 is 2.78 bits per heavy atom. The van der Waals surface area contributed by atoms with Crippen molar-refractivity contribution in [2.24, 2.45) is 7.05 Å². The normalized spacial score (nSPS) is 11.7. The molecule has 18 heavy (non-hydrogen) atoms. The molecule has 1 aromatic carbocycles. The van der Waals surface area contributed by atoms with E-state index in [0.717, 1.165) is 0 Å². The van der Waals surface area contributed by atoms with Crippen molar-refractivity contribution < 1.29 is 8.42 Å². The van der Waals surface area contributed by atoms with Gasteiger partial charge in [-0.1, -0.05) is 21.1 Å². The highest BCUT2D eigenvalue weighted by Crippen LogP contribution is 2.25. The maximum absolute atomic E-state index is 12.2. The summed E-state index contributed by atoms with van der Waals surface area (Å²) in [7, 11) is -1.85. The van der Waals surface area contributed by atoms with Crippen LogP contribution in [0.15, 0.2) is 33.8 Å². The average Bonchev–Trinajstić information content (AvgIpc) is 2.66. The molecule has 1 aromatic heterocycles. The van der Waals surface area contributed by atoms with Crippen molar-refractivity contribution >= 4 is 31.5 Å². The van der Waals surface area contributed by atoms with Gasteiger partial charge in [-0.25, -0.2) is 8.42 Å². The van der Waals surface area contributed by atoms with Gasteiger partial charge in [0.2, 0.25) is 0 Å². The average molecular weight is 331 g/mol. The van der Waals surface area contributed by atoms with Gasteiger partial charge in [-0.2, -0.15) is 0 Å². The minimum Gasteiger partial charge on any atom is -0.398 e. The van der Waals surface area contributed by atoms with E-state index in [1.165, 1.54) is 10.7 Å². The number of nitrogen functional groups attached to an aromatic ring is 1.